The Balaban J connectivity index is 2.60. The minimum absolute atomic E-state index is 0.545. The second-order valence-corrected chi connectivity index (χ2v) is 6.56. The molecule has 0 aromatic carbocycles. The lowest BCUT2D eigenvalue weighted by molar-refractivity contribution is 0.116. The van der Waals surface area contributed by atoms with Gasteiger partial charge in [-0.3, -0.25) is 0 Å². The first-order chi connectivity index (χ1) is 8.53. The van der Waals surface area contributed by atoms with Gasteiger partial charge in [0, 0.05) is 25.2 Å². The highest BCUT2D eigenvalue weighted by Crippen LogP contribution is 2.38. The summed E-state index contributed by atoms with van der Waals surface area (Å²) in [4.78, 5) is 2.69. The van der Waals surface area contributed by atoms with Crippen LogP contribution in [-0.4, -0.2) is 36.6 Å². The Morgan fingerprint density at radius 1 is 1.11 bits per heavy atom. The van der Waals surface area contributed by atoms with Crippen molar-refractivity contribution in [3.8, 4) is 0 Å². The second kappa shape index (κ2) is 7.49. The summed E-state index contributed by atoms with van der Waals surface area (Å²) in [5.41, 5.74) is 0.545. The first kappa shape index (κ1) is 16.0. The van der Waals surface area contributed by atoms with Crippen molar-refractivity contribution in [2.24, 2.45) is 5.41 Å². The normalized spacial score (nSPS) is 20.8. The molecule has 1 rings (SSSR count). The van der Waals surface area contributed by atoms with Gasteiger partial charge in [0.25, 0.3) is 0 Å². The van der Waals surface area contributed by atoms with Crippen LogP contribution in [0.25, 0.3) is 0 Å². The molecule has 0 radical (unpaired) electrons. The fraction of sp³-hybridized carbons (Fsp3) is 1.00. The molecule has 1 N–H and O–H groups in total. The minimum Gasteiger partial charge on any atom is -0.314 e. The largest absolute Gasteiger partial charge is 0.314 e. The molecule has 0 aliphatic heterocycles. The molecule has 1 fully saturated rings. The van der Waals surface area contributed by atoms with E-state index in [9.17, 15) is 0 Å². The predicted molar refractivity (Wildman–Crippen MR) is 81.0 cm³/mol. The molecule has 0 aromatic rings. The number of nitrogens with one attached hydrogen (secondary N) is 1. The Labute approximate surface area is 115 Å². The van der Waals surface area contributed by atoms with Crippen LogP contribution in [0.4, 0.5) is 0 Å². The van der Waals surface area contributed by atoms with E-state index in [-0.39, 0.29) is 0 Å². The van der Waals surface area contributed by atoms with Crippen LogP contribution in [0.5, 0.6) is 0 Å². The minimum atomic E-state index is 0.545. The van der Waals surface area contributed by atoms with Gasteiger partial charge in [-0.15, -0.1) is 0 Å². The van der Waals surface area contributed by atoms with Crippen LogP contribution in [0.3, 0.4) is 0 Å². The van der Waals surface area contributed by atoms with E-state index in [1.54, 1.807) is 0 Å². The summed E-state index contributed by atoms with van der Waals surface area (Å²) in [6.45, 7) is 15.2. The Kier molecular flexibility index (Phi) is 6.65. The molecular formula is C16H34N2. The molecule has 0 bridgehead atoms. The highest BCUT2D eigenvalue weighted by atomic mass is 15.2. The van der Waals surface area contributed by atoms with Crippen molar-refractivity contribution in [2.75, 3.05) is 19.6 Å². The van der Waals surface area contributed by atoms with Crippen LogP contribution in [-0.2, 0) is 0 Å². The summed E-state index contributed by atoms with van der Waals surface area (Å²) >= 11 is 0. The van der Waals surface area contributed by atoms with Crippen LogP contribution in [0, 0.1) is 5.41 Å². The molecule has 2 nitrogen and oxygen atoms in total. The molecule has 0 spiro atoms. The van der Waals surface area contributed by atoms with Crippen molar-refractivity contribution in [2.45, 2.75) is 78.8 Å². The van der Waals surface area contributed by atoms with E-state index in [1.165, 1.54) is 51.7 Å². The van der Waals surface area contributed by atoms with Crippen LogP contribution >= 0.6 is 0 Å². The highest BCUT2D eigenvalue weighted by Gasteiger charge is 2.35. The van der Waals surface area contributed by atoms with E-state index in [4.69, 9.17) is 0 Å². The van der Waals surface area contributed by atoms with Gasteiger partial charge in [0.15, 0.2) is 0 Å². The maximum Gasteiger partial charge on any atom is 0.00644 e. The number of hydrogen-bond donors (Lipinski definition) is 1. The van der Waals surface area contributed by atoms with Crippen molar-refractivity contribution in [1.29, 1.82) is 0 Å². The Morgan fingerprint density at radius 2 is 1.72 bits per heavy atom. The highest BCUT2D eigenvalue weighted by molar-refractivity contribution is 4.90. The van der Waals surface area contributed by atoms with E-state index in [0.29, 0.717) is 11.5 Å². The zero-order chi connectivity index (χ0) is 13.6. The Bertz CT molecular complexity index is 219. The standard InChI is InChI=1S/C16H34N2/c1-6-15(5)18(7-2)13-16(10-8-9-11-16)12-17-14(3)4/h14-15,17H,6-13H2,1-5H3. The van der Waals surface area contributed by atoms with Gasteiger partial charge in [-0.2, -0.15) is 0 Å². The lowest BCUT2D eigenvalue weighted by atomic mass is 9.84. The topological polar surface area (TPSA) is 15.3 Å². The van der Waals surface area contributed by atoms with Gasteiger partial charge in [0.1, 0.15) is 0 Å². The summed E-state index contributed by atoms with van der Waals surface area (Å²) in [6, 6.07) is 1.34. The van der Waals surface area contributed by atoms with E-state index in [1.807, 2.05) is 0 Å². The Hall–Kier alpha value is -0.0800. The molecule has 1 atom stereocenters. The van der Waals surface area contributed by atoms with Crippen LogP contribution in [0.15, 0.2) is 0 Å². The summed E-state index contributed by atoms with van der Waals surface area (Å²) in [6.07, 6.45) is 6.95. The number of hydrogen-bond acceptors (Lipinski definition) is 2. The monoisotopic (exact) mass is 254 g/mol. The fourth-order valence-corrected chi connectivity index (χ4v) is 3.20. The van der Waals surface area contributed by atoms with Gasteiger partial charge < -0.3 is 10.2 Å². The summed E-state index contributed by atoms with van der Waals surface area (Å²) in [5, 5.41) is 3.69. The third-order valence-electron chi connectivity index (χ3n) is 4.71. The molecule has 1 aliphatic rings. The third-order valence-corrected chi connectivity index (χ3v) is 4.71. The van der Waals surface area contributed by atoms with Crippen molar-refractivity contribution in [3.63, 3.8) is 0 Å². The first-order valence-electron chi connectivity index (χ1n) is 8.00. The molecule has 1 unspecified atom stereocenters. The molecule has 2 heteroatoms. The predicted octanol–water partition coefficient (Wildman–Crippen LogP) is 3.67. The van der Waals surface area contributed by atoms with Crippen LogP contribution < -0.4 is 5.32 Å². The number of rotatable bonds is 8. The lowest BCUT2D eigenvalue weighted by Crippen LogP contribution is -2.46. The van der Waals surface area contributed by atoms with Crippen molar-refractivity contribution < 1.29 is 0 Å². The molecule has 0 saturated heterocycles. The Morgan fingerprint density at radius 3 is 2.17 bits per heavy atom. The molecule has 0 aromatic heterocycles. The summed E-state index contributed by atoms with van der Waals surface area (Å²) in [7, 11) is 0. The quantitative estimate of drug-likeness (QED) is 0.711. The molecule has 0 amide bonds. The van der Waals surface area contributed by atoms with Gasteiger partial charge in [-0.05, 0) is 38.1 Å². The van der Waals surface area contributed by atoms with E-state index in [0.717, 1.165) is 6.04 Å². The summed E-state index contributed by atoms with van der Waals surface area (Å²) in [5.74, 6) is 0. The van der Waals surface area contributed by atoms with Gasteiger partial charge in [0.2, 0.25) is 0 Å². The van der Waals surface area contributed by atoms with E-state index in [2.05, 4.69) is 44.8 Å². The maximum absolute atomic E-state index is 3.69. The zero-order valence-corrected chi connectivity index (χ0v) is 13.3. The van der Waals surface area contributed by atoms with Gasteiger partial charge >= 0.3 is 0 Å². The molecular weight excluding hydrogens is 220 g/mol. The van der Waals surface area contributed by atoms with Crippen molar-refractivity contribution >= 4 is 0 Å². The van der Waals surface area contributed by atoms with Gasteiger partial charge in [-0.1, -0.05) is 40.5 Å². The zero-order valence-electron chi connectivity index (χ0n) is 13.3. The molecule has 108 valence electrons. The van der Waals surface area contributed by atoms with Crippen molar-refractivity contribution in [3.05, 3.63) is 0 Å². The fourth-order valence-electron chi connectivity index (χ4n) is 3.20. The molecule has 1 saturated carbocycles. The third kappa shape index (κ3) is 4.55. The number of nitrogens with zero attached hydrogens (tertiary/aromatic N) is 1. The second-order valence-electron chi connectivity index (χ2n) is 6.56. The van der Waals surface area contributed by atoms with E-state index >= 15 is 0 Å². The maximum atomic E-state index is 3.69. The lowest BCUT2D eigenvalue weighted by Gasteiger charge is -2.38. The van der Waals surface area contributed by atoms with Crippen molar-refractivity contribution in [1.82, 2.24) is 10.2 Å². The van der Waals surface area contributed by atoms with Crippen LogP contribution in [0.1, 0.15) is 66.7 Å². The average Bonchev–Trinajstić information content (AvgIpc) is 2.82. The van der Waals surface area contributed by atoms with Crippen LogP contribution in [0.2, 0.25) is 0 Å². The molecule has 0 heterocycles. The summed E-state index contributed by atoms with van der Waals surface area (Å²) < 4.78 is 0. The van der Waals surface area contributed by atoms with Gasteiger partial charge in [-0.25, -0.2) is 0 Å². The first-order valence-corrected chi connectivity index (χ1v) is 8.00. The molecule has 18 heavy (non-hydrogen) atoms. The smallest absolute Gasteiger partial charge is 0.00644 e. The van der Waals surface area contributed by atoms with Gasteiger partial charge in [0.05, 0.1) is 0 Å². The van der Waals surface area contributed by atoms with E-state index < -0.39 is 0 Å². The SMILES string of the molecule is CCC(C)N(CC)CC1(CNC(C)C)CCCC1. The average molecular weight is 254 g/mol. The molecule has 1 aliphatic carbocycles.